The van der Waals surface area contributed by atoms with Gasteiger partial charge in [-0.2, -0.15) is 0 Å². The number of nitrogens with one attached hydrogen (secondary N) is 1. The van der Waals surface area contributed by atoms with E-state index in [0.717, 1.165) is 0 Å². The highest BCUT2D eigenvalue weighted by atomic mass is 16.1. The summed E-state index contributed by atoms with van der Waals surface area (Å²) in [7, 11) is 0. The minimum absolute atomic E-state index is 0.444. The lowest BCUT2D eigenvalue weighted by Crippen LogP contribution is -1.92. The van der Waals surface area contributed by atoms with Crippen molar-refractivity contribution in [3.63, 3.8) is 0 Å². The SMILES string of the molecule is [2H]C(C)C(=O)C=N. The van der Waals surface area contributed by atoms with Crippen molar-refractivity contribution >= 4 is 12.0 Å². The van der Waals surface area contributed by atoms with Crippen molar-refractivity contribution in [2.24, 2.45) is 0 Å². The van der Waals surface area contributed by atoms with Gasteiger partial charge in [0.1, 0.15) is 0 Å². The van der Waals surface area contributed by atoms with Crippen LogP contribution in [0.2, 0.25) is 0 Å². The van der Waals surface area contributed by atoms with Crippen LogP contribution in [0.4, 0.5) is 0 Å². The molecule has 0 amide bonds. The highest BCUT2D eigenvalue weighted by molar-refractivity contribution is 6.25. The van der Waals surface area contributed by atoms with E-state index in [1.54, 1.807) is 0 Å². The Morgan fingerprint density at radius 3 is 2.83 bits per heavy atom. The van der Waals surface area contributed by atoms with E-state index in [1.807, 2.05) is 0 Å². The van der Waals surface area contributed by atoms with Gasteiger partial charge in [0.25, 0.3) is 0 Å². The Labute approximate surface area is 38.1 Å². The summed E-state index contributed by atoms with van der Waals surface area (Å²) in [5, 5.41) is 6.34. The second kappa shape index (κ2) is 2.57. The Hall–Kier alpha value is -0.660. The normalized spacial score (nSPS) is 15.2. The summed E-state index contributed by atoms with van der Waals surface area (Å²) in [5.74, 6) is -0.444. The molecule has 1 N–H and O–H groups in total. The third kappa shape index (κ3) is 1.64. The zero-order valence-electron chi connectivity index (χ0n) is 4.56. The maximum Gasteiger partial charge on any atom is 0.172 e. The standard InChI is InChI=1S/C4H7NO/c1-2-4(6)3-5/h3,5H,2H2,1H3/i2D. The number of hydrogen-bond donors (Lipinski definition) is 1. The average molecular weight is 86.1 g/mol. The predicted octanol–water partition coefficient (Wildman–Crippen LogP) is 0.615. The first-order valence-corrected chi connectivity index (χ1v) is 1.65. The quantitative estimate of drug-likeness (QED) is 0.491. The molecular formula is C4H7NO. The number of carbonyl (C=O) groups excluding carboxylic acids is 1. The third-order valence-electron chi connectivity index (χ3n) is 0.427. The van der Waals surface area contributed by atoms with Gasteiger partial charge in [-0.1, -0.05) is 6.92 Å². The van der Waals surface area contributed by atoms with Gasteiger partial charge in [0.05, 0.1) is 6.21 Å². The van der Waals surface area contributed by atoms with E-state index in [-0.39, 0.29) is 0 Å². The topological polar surface area (TPSA) is 40.9 Å². The molecule has 6 heavy (non-hydrogen) atoms. The van der Waals surface area contributed by atoms with E-state index in [4.69, 9.17) is 6.78 Å². The summed E-state index contributed by atoms with van der Waals surface area (Å²) in [6.45, 7) is 1.44. The fraction of sp³-hybridized carbons (Fsp3) is 0.500. The van der Waals surface area contributed by atoms with Gasteiger partial charge in [-0.15, -0.1) is 0 Å². The lowest BCUT2D eigenvalue weighted by molar-refractivity contribution is -0.112. The minimum Gasteiger partial charge on any atom is -0.305 e. The molecule has 34 valence electrons. The first-order valence-electron chi connectivity index (χ1n) is 2.22. The molecule has 0 spiro atoms. The van der Waals surface area contributed by atoms with E-state index in [0.29, 0.717) is 6.21 Å². The fourth-order valence-electron chi connectivity index (χ4n) is 0.0833. The van der Waals surface area contributed by atoms with Crippen molar-refractivity contribution in [2.75, 3.05) is 0 Å². The van der Waals surface area contributed by atoms with Gasteiger partial charge in [0.15, 0.2) is 5.78 Å². The number of ketones is 1. The molecule has 0 aromatic heterocycles. The summed E-state index contributed by atoms with van der Waals surface area (Å²) in [5.41, 5.74) is 0. The van der Waals surface area contributed by atoms with Crippen LogP contribution < -0.4 is 0 Å². The second-order valence-corrected chi connectivity index (χ2v) is 0.835. The Balaban J connectivity index is 3.56. The molecule has 0 aromatic carbocycles. The molecule has 0 saturated heterocycles. The molecule has 0 radical (unpaired) electrons. The van der Waals surface area contributed by atoms with Gasteiger partial charge in [0.2, 0.25) is 0 Å². The first kappa shape index (κ1) is 3.53. The molecule has 0 saturated carbocycles. The largest absolute Gasteiger partial charge is 0.305 e. The molecule has 0 bridgehead atoms. The Morgan fingerprint density at radius 1 is 2.33 bits per heavy atom. The molecule has 1 unspecified atom stereocenters. The van der Waals surface area contributed by atoms with E-state index < -0.39 is 12.2 Å². The van der Waals surface area contributed by atoms with Crippen molar-refractivity contribution in [1.29, 1.82) is 5.41 Å². The van der Waals surface area contributed by atoms with Crippen LogP contribution in [-0.2, 0) is 4.79 Å². The first-order chi connectivity index (χ1) is 3.18. The van der Waals surface area contributed by atoms with Crippen LogP contribution in [-0.4, -0.2) is 12.0 Å². The van der Waals surface area contributed by atoms with Crippen LogP contribution in [0.15, 0.2) is 0 Å². The van der Waals surface area contributed by atoms with Crippen LogP contribution in [0.3, 0.4) is 0 Å². The van der Waals surface area contributed by atoms with Gasteiger partial charge in [0, 0.05) is 7.77 Å². The van der Waals surface area contributed by atoms with Gasteiger partial charge >= 0.3 is 0 Å². The predicted molar refractivity (Wildman–Crippen MR) is 24.1 cm³/mol. The van der Waals surface area contributed by atoms with E-state index >= 15 is 0 Å². The molecular weight excluding hydrogens is 78.1 g/mol. The minimum atomic E-state index is -0.766. The third-order valence-corrected chi connectivity index (χ3v) is 0.427. The molecule has 0 heterocycles. The van der Waals surface area contributed by atoms with E-state index in [9.17, 15) is 4.79 Å². The van der Waals surface area contributed by atoms with Crippen molar-refractivity contribution in [3.05, 3.63) is 0 Å². The van der Waals surface area contributed by atoms with Crippen LogP contribution in [0.1, 0.15) is 14.7 Å². The summed E-state index contributed by atoms with van der Waals surface area (Å²) in [6, 6.07) is 0. The van der Waals surface area contributed by atoms with Gasteiger partial charge < -0.3 is 5.41 Å². The summed E-state index contributed by atoms with van der Waals surface area (Å²) < 4.78 is 6.68. The lowest BCUT2D eigenvalue weighted by Gasteiger charge is -1.73. The fourth-order valence-corrected chi connectivity index (χ4v) is 0.0833. The molecule has 2 nitrogen and oxygen atoms in total. The van der Waals surface area contributed by atoms with Crippen LogP contribution in [0, 0.1) is 5.41 Å². The Bertz CT molecular complexity index is 89.7. The van der Waals surface area contributed by atoms with Gasteiger partial charge in [-0.3, -0.25) is 4.79 Å². The van der Waals surface area contributed by atoms with Crippen molar-refractivity contribution in [3.8, 4) is 0 Å². The van der Waals surface area contributed by atoms with Gasteiger partial charge in [-0.05, 0) is 0 Å². The summed E-state index contributed by atoms with van der Waals surface area (Å²) >= 11 is 0. The van der Waals surface area contributed by atoms with E-state index in [2.05, 4.69) is 0 Å². The van der Waals surface area contributed by atoms with E-state index in [1.165, 1.54) is 6.92 Å². The maximum atomic E-state index is 10.1. The van der Waals surface area contributed by atoms with Crippen LogP contribution >= 0.6 is 0 Å². The average Bonchev–Trinajstić information content (AvgIpc) is 1.65. The molecule has 0 aliphatic rings. The summed E-state index contributed by atoms with van der Waals surface area (Å²) in [6.07, 6.45) is -0.102. The van der Waals surface area contributed by atoms with Crippen LogP contribution in [0.5, 0.6) is 0 Å². The zero-order valence-corrected chi connectivity index (χ0v) is 3.56. The molecule has 2 heteroatoms. The van der Waals surface area contributed by atoms with Crippen molar-refractivity contribution in [1.82, 2.24) is 0 Å². The monoisotopic (exact) mass is 86.1 g/mol. The smallest absolute Gasteiger partial charge is 0.172 e. The van der Waals surface area contributed by atoms with Crippen molar-refractivity contribution < 1.29 is 6.17 Å². The number of rotatable bonds is 2. The highest BCUT2D eigenvalue weighted by Crippen LogP contribution is 1.70. The number of carbonyl (C=O) groups is 1. The molecule has 0 aliphatic carbocycles. The highest BCUT2D eigenvalue weighted by Gasteiger charge is 1.83. The second-order valence-electron chi connectivity index (χ2n) is 0.835. The molecule has 0 rings (SSSR count). The molecule has 0 aromatic rings. The van der Waals surface area contributed by atoms with Crippen molar-refractivity contribution in [2.45, 2.75) is 13.3 Å². The molecule has 0 aliphatic heterocycles. The molecule has 1 atom stereocenters. The Morgan fingerprint density at radius 2 is 2.83 bits per heavy atom. The number of hydrogen-bond acceptors (Lipinski definition) is 2. The molecule has 0 fully saturated rings. The number of Topliss-reactive ketones (excluding diaryl/α,β-unsaturated/α-hetero) is 1. The summed E-state index contributed by atoms with van der Waals surface area (Å²) in [4.78, 5) is 10.1. The van der Waals surface area contributed by atoms with Gasteiger partial charge in [-0.25, -0.2) is 0 Å². The lowest BCUT2D eigenvalue weighted by atomic mass is 10.3. The zero-order chi connectivity index (χ0) is 5.86. The maximum absolute atomic E-state index is 10.1. The van der Waals surface area contributed by atoms with Crippen LogP contribution in [0.25, 0.3) is 0 Å². The Kier molecular flexibility index (Phi) is 1.51.